The summed E-state index contributed by atoms with van der Waals surface area (Å²) in [6, 6.07) is 2.15. The minimum Gasteiger partial charge on any atom is -0.245 e. The fourth-order valence-electron chi connectivity index (χ4n) is 1.11. The van der Waals surface area contributed by atoms with Crippen LogP contribution in [0.5, 0.6) is 0 Å². The van der Waals surface area contributed by atoms with E-state index in [9.17, 15) is 30.6 Å². The van der Waals surface area contributed by atoms with Gasteiger partial charge in [0.15, 0.2) is 10.8 Å². The van der Waals surface area contributed by atoms with Crippen molar-refractivity contribution in [2.24, 2.45) is 4.99 Å². The van der Waals surface area contributed by atoms with Crippen molar-refractivity contribution in [2.45, 2.75) is 20.8 Å². The Kier molecular flexibility index (Phi) is 5.36. The maximum Gasteiger partial charge on any atom is 0.475 e. The van der Waals surface area contributed by atoms with Gasteiger partial charge in [-0.25, -0.2) is 4.21 Å². The maximum absolute atomic E-state index is 12.3. The van der Waals surface area contributed by atoms with Crippen LogP contribution in [0.2, 0.25) is 0 Å². The van der Waals surface area contributed by atoms with Gasteiger partial charge in [-0.2, -0.15) is 31.3 Å². The molecule has 0 N–H and O–H groups in total. The average molecular weight is 351 g/mol. The van der Waals surface area contributed by atoms with E-state index >= 15 is 0 Å². The van der Waals surface area contributed by atoms with Crippen LogP contribution in [0, 0.1) is 0 Å². The summed E-state index contributed by atoms with van der Waals surface area (Å²) in [6.07, 6.45) is 0. The first-order chi connectivity index (χ1) is 9.03. The Balaban J connectivity index is 3.31. The van der Waals surface area contributed by atoms with Gasteiger partial charge in [0.1, 0.15) is 0 Å². The smallest absolute Gasteiger partial charge is 0.245 e. The standard InChI is InChI=1S/C9H3F6NOS3/c10-8(11,12)19-6-1-5(16-4-18)2-7(3-6)20(17)9(13,14)15/h1-3H/t20-/m1/s1. The highest BCUT2D eigenvalue weighted by Gasteiger charge is 2.39. The monoisotopic (exact) mass is 351 g/mol. The maximum atomic E-state index is 12.3. The molecule has 0 spiro atoms. The summed E-state index contributed by atoms with van der Waals surface area (Å²) in [4.78, 5) is 1.89. The first-order valence-corrected chi connectivity index (χ1v) is 6.88. The van der Waals surface area contributed by atoms with Crippen LogP contribution < -0.4 is 0 Å². The minimum absolute atomic E-state index is 0.290. The van der Waals surface area contributed by atoms with E-state index in [4.69, 9.17) is 0 Å². The second-order valence-corrected chi connectivity index (χ2v) is 5.92. The number of nitrogens with zero attached hydrogens (tertiary/aromatic N) is 1. The lowest BCUT2D eigenvalue weighted by atomic mass is 10.3. The molecule has 1 aromatic rings. The zero-order valence-electron chi connectivity index (χ0n) is 9.08. The van der Waals surface area contributed by atoms with Crippen LogP contribution in [-0.4, -0.2) is 20.4 Å². The zero-order chi connectivity index (χ0) is 15.6. The lowest BCUT2D eigenvalue weighted by Gasteiger charge is -2.10. The van der Waals surface area contributed by atoms with Crippen molar-refractivity contribution < 1.29 is 30.6 Å². The molecule has 0 aliphatic heterocycles. The fraction of sp³-hybridized carbons (Fsp3) is 0.222. The first-order valence-electron chi connectivity index (χ1n) is 4.50. The van der Waals surface area contributed by atoms with Crippen LogP contribution in [0.15, 0.2) is 33.0 Å². The predicted molar refractivity (Wildman–Crippen MR) is 65.5 cm³/mol. The molecule has 0 aliphatic carbocycles. The largest absolute Gasteiger partial charge is 0.475 e. The Labute approximate surface area is 120 Å². The van der Waals surface area contributed by atoms with E-state index in [1.165, 1.54) is 0 Å². The number of isothiocyanates is 1. The SMILES string of the molecule is O=[S@](c1cc(N=C=S)cc(SC(F)(F)F)c1)C(F)(F)F. The van der Waals surface area contributed by atoms with Crippen LogP contribution in [0.3, 0.4) is 0 Å². The van der Waals surface area contributed by atoms with E-state index in [0.29, 0.717) is 6.07 Å². The number of rotatable bonds is 3. The molecule has 1 aromatic carbocycles. The van der Waals surface area contributed by atoms with E-state index in [0.717, 1.165) is 12.1 Å². The summed E-state index contributed by atoms with van der Waals surface area (Å²) in [6.45, 7) is 0. The lowest BCUT2D eigenvalue weighted by molar-refractivity contribution is -0.0385. The molecule has 11 heteroatoms. The molecule has 0 saturated heterocycles. The highest BCUT2D eigenvalue weighted by Crippen LogP contribution is 2.40. The van der Waals surface area contributed by atoms with Gasteiger partial charge in [0, 0.05) is 4.90 Å². The molecule has 0 unspecified atom stereocenters. The van der Waals surface area contributed by atoms with Crippen LogP contribution in [0.1, 0.15) is 0 Å². The quantitative estimate of drug-likeness (QED) is 0.343. The second kappa shape index (κ2) is 6.25. The molecule has 0 saturated carbocycles. The van der Waals surface area contributed by atoms with Gasteiger partial charge in [-0.3, -0.25) is 0 Å². The second-order valence-electron chi connectivity index (χ2n) is 3.13. The van der Waals surface area contributed by atoms with Crippen molar-refractivity contribution in [2.75, 3.05) is 0 Å². The lowest BCUT2D eigenvalue weighted by Crippen LogP contribution is -2.16. The van der Waals surface area contributed by atoms with Gasteiger partial charge in [0.2, 0.25) is 0 Å². The van der Waals surface area contributed by atoms with Crippen molar-refractivity contribution in [3.05, 3.63) is 18.2 Å². The molecule has 0 aliphatic rings. The van der Waals surface area contributed by atoms with Gasteiger partial charge >= 0.3 is 11.0 Å². The number of halogens is 6. The van der Waals surface area contributed by atoms with E-state index in [2.05, 4.69) is 17.2 Å². The summed E-state index contributed by atoms with van der Waals surface area (Å²) in [5.41, 5.74) is -10.1. The molecule has 0 bridgehead atoms. The molecule has 20 heavy (non-hydrogen) atoms. The van der Waals surface area contributed by atoms with Gasteiger partial charge in [-0.1, -0.05) is 0 Å². The van der Waals surface area contributed by atoms with E-state index in [-0.39, 0.29) is 5.69 Å². The number of aliphatic imine (C=N–C) groups is 1. The van der Waals surface area contributed by atoms with Gasteiger partial charge < -0.3 is 0 Å². The third-order valence-corrected chi connectivity index (χ3v) is 3.58. The van der Waals surface area contributed by atoms with E-state index in [1.54, 1.807) is 0 Å². The van der Waals surface area contributed by atoms with Crippen molar-refractivity contribution in [3.63, 3.8) is 0 Å². The Morgan fingerprint density at radius 1 is 1.15 bits per heavy atom. The molecular weight excluding hydrogens is 348 g/mol. The number of hydrogen-bond donors (Lipinski definition) is 0. The van der Waals surface area contributed by atoms with Gasteiger partial charge in [-0.05, 0) is 42.2 Å². The highest BCUT2D eigenvalue weighted by atomic mass is 32.2. The van der Waals surface area contributed by atoms with Crippen molar-refractivity contribution >= 4 is 45.6 Å². The molecule has 1 atom stereocenters. The molecule has 2 nitrogen and oxygen atoms in total. The average Bonchev–Trinajstić information content (AvgIpc) is 2.24. The molecule has 0 fully saturated rings. The molecule has 0 heterocycles. The third-order valence-electron chi connectivity index (χ3n) is 1.70. The molecule has 110 valence electrons. The topological polar surface area (TPSA) is 29.4 Å². The number of alkyl halides is 6. The number of thiocarbonyl (C=S) groups is 1. The fourth-order valence-corrected chi connectivity index (χ4v) is 2.65. The van der Waals surface area contributed by atoms with E-state index < -0.39 is 43.4 Å². The number of hydrogen-bond acceptors (Lipinski definition) is 4. The first kappa shape index (κ1) is 17.2. The van der Waals surface area contributed by atoms with Crippen LogP contribution in [0.25, 0.3) is 0 Å². The zero-order valence-corrected chi connectivity index (χ0v) is 11.5. The van der Waals surface area contributed by atoms with Crippen molar-refractivity contribution in [3.8, 4) is 0 Å². The van der Waals surface area contributed by atoms with E-state index in [1.807, 2.05) is 5.16 Å². The third kappa shape index (κ3) is 5.23. The molecule has 1 rings (SSSR count). The summed E-state index contributed by atoms with van der Waals surface area (Å²) in [5, 5.41) is 1.82. The predicted octanol–water partition coefficient (Wildman–Crippen LogP) is 4.66. The normalized spacial score (nSPS) is 13.7. The number of thioether (sulfide) groups is 1. The molecule has 0 amide bonds. The summed E-state index contributed by atoms with van der Waals surface area (Å²) in [5.74, 6) is 0. The van der Waals surface area contributed by atoms with Gasteiger partial charge in [0.05, 0.1) is 15.7 Å². The van der Waals surface area contributed by atoms with Crippen molar-refractivity contribution in [1.82, 2.24) is 0 Å². The highest BCUT2D eigenvalue weighted by molar-refractivity contribution is 8.00. The van der Waals surface area contributed by atoms with Crippen LogP contribution >= 0.6 is 24.0 Å². The van der Waals surface area contributed by atoms with Gasteiger partial charge in [0.25, 0.3) is 0 Å². The minimum atomic E-state index is -5.08. The molecule has 0 aromatic heterocycles. The summed E-state index contributed by atoms with van der Waals surface area (Å²) < 4.78 is 84.8. The molecule has 0 radical (unpaired) electrons. The Bertz CT molecular complexity index is 576. The Morgan fingerprint density at radius 3 is 2.20 bits per heavy atom. The van der Waals surface area contributed by atoms with Gasteiger partial charge in [-0.15, -0.1) is 0 Å². The van der Waals surface area contributed by atoms with Crippen LogP contribution in [0.4, 0.5) is 32.0 Å². The Hall–Kier alpha value is -0.900. The molecular formula is C9H3F6NOS3. The summed E-state index contributed by atoms with van der Waals surface area (Å²) in [7, 11) is -3.46. The van der Waals surface area contributed by atoms with Crippen molar-refractivity contribution in [1.29, 1.82) is 0 Å². The van der Waals surface area contributed by atoms with Crippen LogP contribution in [-0.2, 0) is 10.8 Å². The number of benzene rings is 1. The Morgan fingerprint density at radius 2 is 1.75 bits per heavy atom. The summed E-state index contributed by atoms with van der Waals surface area (Å²) >= 11 is 3.59.